The molecule has 14 heavy (non-hydrogen) atoms. The molecular formula is C12H14O2. The summed E-state index contributed by atoms with van der Waals surface area (Å²) in [5, 5.41) is 9.23. The lowest BCUT2D eigenvalue weighted by atomic mass is 9.93. The number of benzene rings is 1. The fraction of sp³-hybridized carbons (Fsp3) is 0.333. The molecule has 1 saturated heterocycles. The number of hydrogen-bond acceptors (Lipinski definition) is 2. The van der Waals surface area contributed by atoms with Crippen molar-refractivity contribution in [2.24, 2.45) is 5.92 Å². The summed E-state index contributed by atoms with van der Waals surface area (Å²) in [6, 6.07) is 9.97. The van der Waals surface area contributed by atoms with Gasteiger partial charge in [0.1, 0.15) is 0 Å². The van der Waals surface area contributed by atoms with Crippen LogP contribution in [0.2, 0.25) is 0 Å². The van der Waals surface area contributed by atoms with E-state index < -0.39 is 0 Å². The third-order valence-corrected chi connectivity index (χ3v) is 2.66. The highest BCUT2D eigenvalue weighted by Crippen LogP contribution is 2.36. The van der Waals surface area contributed by atoms with E-state index in [0.29, 0.717) is 6.61 Å². The predicted octanol–water partition coefficient (Wildman–Crippen LogP) is 1.92. The lowest BCUT2D eigenvalue weighted by molar-refractivity contribution is 0.0721. The first-order valence-corrected chi connectivity index (χ1v) is 4.78. The van der Waals surface area contributed by atoms with Gasteiger partial charge in [0, 0.05) is 5.92 Å². The van der Waals surface area contributed by atoms with Crippen molar-refractivity contribution in [1.82, 2.24) is 0 Å². The van der Waals surface area contributed by atoms with E-state index in [9.17, 15) is 5.11 Å². The molecule has 2 atom stereocenters. The molecule has 0 spiro atoms. The van der Waals surface area contributed by atoms with Crippen LogP contribution in [0.25, 0.3) is 0 Å². The molecule has 0 aromatic heterocycles. The van der Waals surface area contributed by atoms with E-state index in [0.717, 1.165) is 11.1 Å². The minimum atomic E-state index is -0.0197. The van der Waals surface area contributed by atoms with Crippen molar-refractivity contribution in [2.75, 3.05) is 13.2 Å². The predicted molar refractivity (Wildman–Crippen MR) is 54.9 cm³/mol. The number of ether oxygens (including phenoxy) is 1. The summed E-state index contributed by atoms with van der Waals surface area (Å²) in [6.45, 7) is 4.57. The molecule has 1 fully saturated rings. The Kier molecular flexibility index (Phi) is 2.66. The molecule has 0 saturated carbocycles. The largest absolute Gasteiger partial charge is 0.396 e. The van der Waals surface area contributed by atoms with Crippen molar-refractivity contribution in [3.05, 3.63) is 48.0 Å². The Balaban J connectivity index is 2.23. The van der Waals surface area contributed by atoms with Crippen LogP contribution >= 0.6 is 0 Å². The van der Waals surface area contributed by atoms with Gasteiger partial charge in [-0.05, 0) is 11.1 Å². The Morgan fingerprint density at radius 3 is 2.71 bits per heavy atom. The molecule has 1 aromatic rings. The molecule has 1 aliphatic rings. The quantitative estimate of drug-likeness (QED) is 0.722. The summed E-state index contributed by atoms with van der Waals surface area (Å²) in [5.41, 5.74) is 2.10. The van der Waals surface area contributed by atoms with Crippen molar-refractivity contribution in [3.63, 3.8) is 0 Å². The van der Waals surface area contributed by atoms with Crippen molar-refractivity contribution in [2.45, 2.75) is 6.10 Å². The third-order valence-electron chi connectivity index (χ3n) is 2.66. The molecule has 74 valence electrons. The molecule has 1 heterocycles. The van der Waals surface area contributed by atoms with Gasteiger partial charge in [0.25, 0.3) is 0 Å². The number of aliphatic hydroxyl groups excluding tert-OH is 1. The Morgan fingerprint density at radius 2 is 2.07 bits per heavy atom. The molecule has 1 N–H and O–H groups in total. The van der Waals surface area contributed by atoms with Crippen LogP contribution in [0.3, 0.4) is 0 Å². The monoisotopic (exact) mass is 190 g/mol. The van der Waals surface area contributed by atoms with Crippen molar-refractivity contribution < 1.29 is 9.84 Å². The van der Waals surface area contributed by atoms with E-state index in [1.54, 1.807) is 0 Å². The summed E-state index contributed by atoms with van der Waals surface area (Å²) >= 11 is 0. The summed E-state index contributed by atoms with van der Waals surface area (Å²) in [4.78, 5) is 0. The van der Waals surface area contributed by atoms with Crippen molar-refractivity contribution in [3.8, 4) is 0 Å². The molecule has 0 bridgehead atoms. The van der Waals surface area contributed by atoms with Crippen LogP contribution in [-0.4, -0.2) is 18.3 Å². The number of hydrogen-bond donors (Lipinski definition) is 1. The zero-order valence-electron chi connectivity index (χ0n) is 8.02. The van der Waals surface area contributed by atoms with E-state index in [1.165, 1.54) is 0 Å². The summed E-state index contributed by atoms with van der Waals surface area (Å²) in [7, 11) is 0. The maximum absolute atomic E-state index is 9.23. The van der Waals surface area contributed by atoms with Gasteiger partial charge in [-0.2, -0.15) is 0 Å². The lowest BCUT2D eigenvalue weighted by Crippen LogP contribution is -2.12. The van der Waals surface area contributed by atoms with E-state index in [1.807, 2.05) is 30.3 Å². The Hall–Kier alpha value is -1.12. The maximum Gasteiger partial charge on any atom is 0.0917 e. The molecule has 0 aliphatic carbocycles. The van der Waals surface area contributed by atoms with Gasteiger partial charge in [0.15, 0.2) is 0 Å². The smallest absolute Gasteiger partial charge is 0.0917 e. The fourth-order valence-corrected chi connectivity index (χ4v) is 1.83. The summed E-state index contributed by atoms with van der Waals surface area (Å²) in [6.07, 6.45) is -0.0197. The van der Waals surface area contributed by atoms with Gasteiger partial charge in [0.05, 0.1) is 19.3 Å². The van der Waals surface area contributed by atoms with Gasteiger partial charge < -0.3 is 9.84 Å². The summed E-state index contributed by atoms with van der Waals surface area (Å²) < 4.78 is 5.60. The second-order valence-corrected chi connectivity index (χ2v) is 3.59. The highest BCUT2D eigenvalue weighted by molar-refractivity contribution is 5.24. The van der Waals surface area contributed by atoms with Crippen LogP contribution < -0.4 is 0 Å². The van der Waals surface area contributed by atoms with E-state index in [2.05, 4.69) is 6.58 Å². The van der Waals surface area contributed by atoms with Crippen LogP contribution in [0, 0.1) is 5.92 Å². The van der Waals surface area contributed by atoms with Crippen LogP contribution in [0.5, 0.6) is 0 Å². The van der Waals surface area contributed by atoms with Crippen LogP contribution in [0.15, 0.2) is 42.5 Å². The molecule has 2 rings (SSSR count). The second kappa shape index (κ2) is 3.95. The molecule has 0 amide bonds. The fourth-order valence-electron chi connectivity index (χ4n) is 1.83. The minimum Gasteiger partial charge on any atom is -0.396 e. The highest BCUT2D eigenvalue weighted by atomic mass is 16.5. The SMILES string of the molecule is C=C1COC(c2ccccc2)C1CO. The van der Waals surface area contributed by atoms with Crippen LogP contribution in [0.1, 0.15) is 11.7 Å². The third kappa shape index (κ3) is 1.59. The van der Waals surface area contributed by atoms with Crippen LogP contribution in [-0.2, 0) is 4.74 Å². The van der Waals surface area contributed by atoms with Gasteiger partial charge in [-0.1, -0.05) is 36.9 Å². The first-order chi connectivity index (χ1) is 6.83. The lowest BCUT2D eigenvalue weighted by Gasteiger charge is -2.16. The zero-order valence-corrected chi connectivity index (χ0v) is 8.02. The number of rotatable bonds is 2. The van der Waals surface area contributed by atoms with Gasteiger partial charge >= 0.3 is 0 Å². The zero-order chi connectivity index (χ0) is 9.97. The standard InChI is InChI=1S/C12H14O2/c1-9-8-14-12(11(9)7-13)10-5-3-2-4-6-10/h2-6,11-13H,1,7-8H2. The number of aliphatic hydroxyl groups is 1. The molecule has 1 aliphatic heterocycles. The van der Waals surface area contributed by atoms with Gasteiger partial charge in [-0.25, -0.2) is 0 Å². The van der Waals surface area contributed by atoms with Crippen molar-refractivity contribution >= 4 is 0 Å². The van der Waals surface area contributed by atoms with E-state index >= 15 is 0 Å². The van der Waals surface area contributed by atoms with E-state index in [-0.39, 0.29) is 18.6 Å². The van der Waals surface area contributed by atoms with Crippen LogP contribution in [0.4, 0.5) is 0 Å². The van der Waals surface area contributed by atoms with Gasteiger partial charge in [0.2, 0.25) is 0 Å². The minimum absolute atomic E-state index is 0.0197. The second-order valence-electron chi connectivity index (χ2n) is 3.59. The normalized spacial score (nSPS) is 26.8. The maximum atomic E-state index is 9.23. The molecule has 0 radical (unpaired) electrons. The molecule has 2 heteroatoms. The Morgan fingerprint density at radius 1 is 1.36 bits per heavy atom. The average molecular weight is 190 g/mol. The molecular weight excluding hydrogens is 176 g/mol. The Labute approximate surface area is 83.8 Å². The van der Waals surface area contributed by atoms with E-state index in [4.69, 9.17) is 4.74 Å². The first kappa shape index (κ1) is 9.44. The van der Waals surface area contributed by atoms with Gasteiger partial charge in [-0.3, -0.25) is 0 Å². The molecule has 2 nitrogen and oxygen atoms in total. The van der Waals surface area contributed by atoms with Gasteiger partial charge in [-0.15, -0.1) is 0 Å². The highest BCUT2D eigenvalue weighted by Gasteiger charge is 2.31. The first-order valence-electron chi connectivity index (χ1n) is 4.78. The summed E-state index contributed by atoms with van der Waals surface area (Å²) in [5.74, 6) is 0.0531. The average Bonchev–Trinajstić information content (AvgIpc) is 2.61. The molecule has 1 aromatic carbocycles. The Bertz CT molecular complexity index is 318. The molecule has 2 unspecified atom stereocenters. The topological polar surface area (TPSA) is 29.5 Å². The van der Waals surface area contributed by atoms with Crippen molar-refractivity contribution in [1.29, 1.82) is 0 Å².